The van der Waals surface area contributed by atoms with E-state index in [1.807, 2.05) is 67.7 Å². The Kier molecular flexibility index (Phi) is 6.21. The van der Waals surface area contributed by atoms with Gasteiger partial charge in [0.2, 0.25) is 11.7 Å². The number of benzene rings is 2. The molecule has 0 radical (unpaired) electrons. The van der Waals surface area contributed by atoms with Crippen molar-refractivity contribution in [1.29, 1.82) is 0 Å². The lowest BCUT2D eigenvalue weighted by Crippen LogP contribution is -1.99. The molecule has 0 aliphatic heterocycles. The van der Waals surface area contributed by atoms with E-state index in [9.17, 15) is 0 Å². The Balaban J connectivity index is 1.70. The summed E-state index contributed by atoms with van der Waals surface area (Å²) in [5, 5.41) is 7.73. The van der Waals surface area contributed by atoms with E-state index in [-0.39, 0.29) is 5.25 Å². The predicted molar refractivity (Wildman–Crippen MR) is 119 cm³/mol. The van der Waals surface area contributed by atoms with Crippen LogP contribution in [0.25, 0.3) is 11.4 Å². The molecule has 0 bridgehead atoms. The number of ether oxygens (including phenoxy) is 1. The van der Waals surface area contributed by atoms with Crippen LogP contribution in [0, 0.1) is 0 Å². The molecule has 152 valence electrons. The van der Waals surface area contributed by atoms with Crippen molar-refractivity contribution in [2.75, 3.05) is 19.5 Å². The van der Waals surface area contributed by atoms with Crippen molar-refractivity contribution in [2.24, 2.45) is 0 Å². The molecule has 0 aliphatic rings. The fourth-order valence-electron chi connectivity index (χ4n) is 2.93. The summed E-state index contributed by atoms with van der Waals surface area (Å²) in [5.74, 6) is 2.48. The maximum atomic E-state index is 6.09. The van der Waals surface area contributed by atoms with E-state index in [0.29, 0.717) is 22.6 Å². The van der Waals surface area contributed by atoms with E-state index >= 15 is 0 Å². The average molecular weight is 439 g/mol. The number of halogens is 1. The molecule has 0 aliphatic carbocycles. The molecule has 30 heavy (non-hydrogen) atoms. The van der Waals surface area contributed by atoms with Gasteiger partial charge in [-0.1, -0.05) is 28.9 Å². The van der Waals surface area contributed by atoms with E-state index in [2.05, 4.69) is 20.4 Å². The van der Waals surface area contributed by atoms with Crippen LogP contribution in [0.2, 0.25) is 5.02 Å². The van der Waals surface area contributed by atoms with E-state index in [1.165, 1.54) is 0 Å². The number of nitrogens with one attached hydrogen (secondary N) is 1. The zero-order chi connectivity index (χ0) is 20.9. The first-order chi connectivity index (χ1) is 14.7. The third-order valence-electron chi connectivity index (χ3n) is 4.44. The Bertz CT molecular complexity index is 1120. The third kappa shape index (κ3) is 4.42. The summed E-state index contributed by atoms with van der Waals surface area (Å²) in [6.07, 6.45) is 1.71. The van der Waals surface area contributed by atoms with Gasteiger partial charge in [0.05, 0.1) is 12.7 Å². The SMILES string of the molecule is CNc1ncccc1-c1noc(C(Sc2ccc(OC)cc2)c2ccc(Cl)cc2)n1. The minimum absolute atomic E-state index is 0.202. The molecule has 1 atom stereocenters. The zero-order valence-electron chi connectivity index (χ0n) is 16.4. The monoisotopic (exact) mass is 438 g/mol. The number of nitrogens with zero attached hydrogens (tertiary/aromatic N) is 3. The fourth-order valence-corrected chi connectivity index (χ4v) is 4.11. The molecular weight excluding hydrogens is 420 g/mol. The quantitative estimate of drug-likeness (QED) is 0.370. The van der Waals surface area contributed by atoms with Crippen LogP contribution in [0.5, 0.6) is 5.75 Å². The largest absolute Gasteiger partial charge is 0.497 e. The zero-order valence-corrected chi connectivity index (χ0v) is 17.9. The lowest BCUT2D eigenvalue weighted by atomic mass is 10.1. The number of anilines is 1. The summed E-state index contributed by atoms with van der Waals surface area (Å²) < 4.78 is 10.9. The number of rotatable bonds is 7. The molecule has 6 nitrogen and oxygen atoms in total. The molecule has 0 spiro atoms. The summed E-state index contributed by atoms with van der Waals surface area (Å²) in [6.45, 7) is 0. The van der Waals surface area contributed by atoms with Crippen LogP contribution in [0.4, 0.5) is 5.82 Å². The summed E-state index contributed by atoms with van der Waals surface area (Å²) >= 11 is 7.70. The maximum absolute atomic E-state index is 6.09. The van der Waals surface area contributed by atoms with Crippen molar-refractivity contribution in [1.82, 2.24) is 15.1 Å². The number of thioether (sulfide) groups is 1. The topological polar surface area (TPSA) is 73.1 Å². The van der Waals surface area contributed by atoms with Crippen molar-refractivity contribution in [3.63, 3.8) is 0 Å². The molecule has 2 heterocycles. The summed E-state index contributed by atoms with van der Waals surface area (Å²) in [4.78, 5) is 10.0. The molecule has 2 aromatic heterocycles. The van der Waals surface area contributed by atoms with Crippen molar-refractivity contribution >= 4 is 29.2 Å². The van der Waals surface area contributed by atoms with Crippen LogP contribution in [0.15, 0.2) is 76.3 Å². The van der Waals surface area contributed by atoms with Crippen LogP contribution in [-0.4, -0.2) is 29.3 Å². The van der Waals surface area contributed by atoms with E-state index in [1.54, 1.807) is 25.1 Å². The molecule has 4 rings (SSSR count). The van der Waals surface area contributed by atoms with Crippen LogP contribution in [0.3, 0.4) is 0 Å². The third-order valence-corrected chi connectivity index (χ3v) is 5.94. The smallest absolute Gasteiger partial charge is 0.244 e. The Morgan fingerprint density at radius 2 is 1.83 bits per heavy atom. The summed E-state index contributed by atoms with van der Waals surface area (Å²) in [7, 11) is 3.46. The molecule has 0 fully saturated rings. The van der Waals surface area contributed by atoms with Crippen LogP contribution in [0.1, 0.15) is 16.7 Å². The average Bonchev–Trinajstić information content (AvgIpc) is 3.28. The Hall–Kier alpha value is -3.03. The van der Waals surface area contributed by atoms with Crippen molar-refractivity contribution in [2.45, 2.75) is 10.1 Å². The Morgan fingerprint density at radius 3 is 2.53 bits per heavy atom. The Labute approximate surface area is 183 Å². The lowest BCUT2D eigenvalue weighted by molar-refractivity contribution is 0.384. The van der Waals surface area contributed by atoms with Crippen LogP contribution < -0.4 is 10.1 Å². The van der Waals surface area contributed by atoms with Gasteiger partial charge in [-0.15, -0.1) is 11.8 Å². The van der Waals surface area contributed by atoms with Gasteiger partial charge in [0, 0.05) is 23.2 Å². The second-order valence-corrected chi connectivity index (χ2v) is 7.95. The fraction of sp³-hybridized carbons (Fsp3) is 0.136. The highest BCUT2D eigenvalue weighted by atomic mass is 35.5. The molecule has 8 heteroatoms. The number of hydrogen-bond acceptors (Lipinski definition) is 7. The van der Waals surface area contributed by atoms with Gasteiger partial charge >= 0.3 is 0 Å². The highest BCUT2D eigenvalue weighted by Gasteiger charge is 2.24. The molecule has 1 unspecified atom stereocenters. The lowest BCUT2D eigenvalue weighted by Gasteiger charge is -2.13. The molecule has 1 N–H and O–H groups in total. The second kappa shape index (κ2) is 9.19. The van der Waals surface area contributed by atoms with Crippen LogP contribution in [-0.2, 0) is 0 Å². The standard InChI is InChI=1S/C22H19ClN4O2S/c1-24-20-18(4-3-13-25-20)21-26-22(29-27-21)19(14-5-7-15(23)8-6-14)30-17-11-9-16(28-2)10-12-17/h3-13,19H,1-2H3,(H,24,25). The highest BCUT2D eigenvalue weighted by molar-refractivity contribution is 7.99. The van der Waals surface area contributed by atoms with Gasteiger partial charge in [0.1, 0.15) is 16.8 Å². The first-order valence-corrected chi connectivity index (χ1v) is 10.5. The van der Waals surface area contributed by atoms with Gasteiger partial charge in [0.25, 0.3) is 0 Å². The molecule has 0 saturated carbocycles. The molecule has 2 aromatic carbocycles. The Morgan fingerprint density at radius 1 is 1.07 bits per heavy atom. The molecular formula is C22H19ClN4O2S. The van der Waals surface area contributed by atoms with E-state index in [0.717, 1.165) is 21.8 Å². The van der Waals surface area contributed by atoms with E-state index < -0.39 is 0 Å². The van der Waals surface area contributed by atoms with E-state index in [4.69, 9.17) is 20.9 Å². The number of hydrogen-bond donors (Lipinski definition) is 1. The maximum Gasteiger partial charge on any atom is 0.244 e. The molecule has 0 amide bonds. The van der Waals surface area contributed by atoms with Gasteiger partial charge in [-0.2, -0.15) is 4.98 Å². The molecule has 0 saturated heterocycles. The van der Waals surface area contributed by atoms with Crippen molar-refractivity contribution in [3.8, 4) is 17.1 Å². The first-order valence-electron chi connectivity index (χ1n) is 9.21. The molecule has 4 aromatic rings. The predicted octanol–water partition coefficient (Wildman–Crippen LogP) is 5.72. The summed E-state index contributed by atoms with van der Waals surface area (Å²) in [6, 6.07) is 19.3. The van der Waals surface area contributed by atoms with Crippen molar-refractivity contribution < 1.29 is 9.26 Å². The number of pyridine rings is 1. The van der Waals surface area contributed by atoms with Gasteiger partial charge in [0.15, 0.2) is 0 Å². The first kappa shape index (κ1) is 20.3. The number of aromatic nitrogens is 3. The highest BCUT2D eigenvalue weighted by Crippen LogP contribution is 2.41. The second-order valence-electron chi connectivity index (χ2n) is 6.33. The normalized spacial score (nSPS) is 11.8. The summed E-state index contributed by atoms with van der Waals surface area (Å²) in [5.41, 5.74) is 1.79. The van der Waals surface area contributed by atoms with Gasteiger partial charge in [-0.25, -0.2) is 4.98 Å². The van der Waals surface area contributed by atoms with Gasteiger partial charge in [-0.05, 0) is 54.1 Å². The van der Waals surface area contributed by atoms with Gasteiger partial charge < -0.3 is 14.6 Å². The number of methoxy groups -OCH3 is 1. The van der Waals surface area contributed by atoms with Crippen LogP contribution >= 0.6 is 23.4 Å². The van der Waals surface area contributed by atoms with Crippen molar-refractivity contribution in [3.05, 3.63) is 83.3 Å². The minimum Gasteiger partial charge on any atom is -0.497 e. The van der Waals surface area contributed by atoms with Gasteiger partial charge in [-0.3, -0.25) is 0 Å². The minimum atomic E-state index is -0.202.